The van der Waals surface area contributed by atoms with Crippen molar-refractivity contribution in [3.63, 3.8) is 0 Å². The number of aromatic nitrogens is 2. The van der Waals surface area contributed by atoms with Crippen LogP contribution in [0.1, 0.15) is 11.5 Å². The molecule has 3 aromatic rings. The summed E-state index contributed by atoms with van der Waals surface area (Å²) in [4.78, 5) is 17.7. The first-order valence-electron chi connectivity index (χ1n) is 5.91. The molecule has 0 aliphatic carbocycles. The van der Waals surface area contributed by atoms with Gasteiger partial charge in [-0.25, -0.2) is 13.8 Å². The van der Waals surface area contributed by atoms with Crippen molar-refractivity contribution in [2.75, 3.05) is 0 Å². The molecular weight excluding hydrogens is 296 g/mol. The van der Waals surface area contributed by atoms with Crippen LogP contribution in [0.2, 0.25) is 0 Å². The number of fused-ring (bicyclic) bond motifs is 1. The van der Waals surface area contributed by atoms with Crippen molar-refractivity contribution in [3.05, 3.63) is 63.7 Å². The summed E-state index contributed by atoms with van der Waals surface area (Å²) in [5.41, 5.74) is 0.534. The molecule has 0 aliphatic heterocycles. The number of rotatable bonds is 1. The molecule has 2 heterocycles. The monoisotopic (exact) mass is 301 g/mol. The molecule has 0 radical (unpaired) electrons. The normalized spacial score (nSPS) is 10.3. The second kappa shape index (κ2) is 5.21. The summed E-state index contributed by atoms with van der Waals surface area (Å²) >= 11 is 0. The van der Waals surface area contributed by atoms with Gasteiger partial charge >= 0.3 is 5.88 Å². The second-order valence-corrected chi connectivity index (χ2v) is 4.16. The molecule has 0 spiro atoms. The number of hydrogen-bond acceptors (Lipinski definition) is 5. The van der Waals surface area contributed by atoms with Gasteiger partial charge in [-0.15, -0.1) is 0 Å². The number of hydrogen-bond donors (Lipinski definition) is 0. The van der Waals surface area contributed by atoms with Gasteiger partial charge in [0.25, 0.3) is 0 Å². The molecule has 0 saturated heterocycles. The largest absolute Gasteiger partial charge is 0.434 e. The molecule has 0 atom stereocenters. The molecule has 2 aromatic heterocycles. The van der Waals surface area contributed by atoms with Crippen LogP contribution in [-0.2, 0) is 0 Å². The van der Waals surface area contributed by atoms with E-state index in [1.807, 2.05) is 0 Å². The zero-order valence-corrected chi connectivity index (χ0v) is 10.7. The Morgan fingerprint density at radius 3 is 2.55 bits per heavy atom. The smallest absolute Gasteiger partial charge is 0.392 e. The summed E-state index contributed by atoms with van der Waals surface area (Å²) in [6.07, 6.45) is 1.28. The maximum atomic E-state index is 13.2. The van der Waals surface area contributed by atoms with Gasteiger partial charge in [0.2, 0.25) is 0 Å². The molecule has 0 unspecified atom stereocenters. The second-order valence-electron chi connectivity index (χ2n) is 4.16. The minimum atomic E-state index is -1.03. The molecule has 0 bridgehead atoms. The molecule has 0 aliphatic rings. The van der Waals surface area contributed by atoms with Gasteiger partial charge in [-0.2, -0.15) is 0 Å². The van der Waals surface area contributed by atoms with Crippen molar-refractivity contribution in [2.45, 2.75) is 0 Å². The fourth-order valence-electron chi connectivity index (χ4n) is 1.69. The number of benzene rings is 1. The summed E-state index contributed by atoms with van der Waals surface area (Å²) in [7, 11) is 0. The summed E-state index contributed by atoms with van der Waals surface area (Å²) < 4.78 is 31.1. The molecule has 1 aromatic carbocycles. The highest BCUT2D eigenvalue weighted by Gasteiger charge is 2.10. The Morgan fingerprint density at radius 1 is 1.14 bits per heavy atom. The minimum Gasteiger partial charge on any atom is -0.392 e. The lowest BCUT2D eigenvalue weighted by atomic mass is 10.2. The van der Waals surface area contributed by atoms with Crippen LogP contribution < -0.4 is 0 Å². The van der Waals surface area contributed by atoms with E-state index >= 15 is 0 Å². The van der Waals surface area contributed by atoms with Crippen LogP contribution in [0.15, 0.2) is 34.9 Å². The Balaban J connectivity index is 1.95. The Morgan fingerprint density at radius 2 is 1.86 bits per heavy atom. The van der Waals surface area contributed by atoms with E-state index in [0.29, 0.717) is 0 Å². The lowest BCUT2D eigenvalue weighted by Gasteiger charge is -1.98. The lowest BCUT2D eigenvalue weighted by Crippen LogP contribution is -1.92. The van der Waals surface area contributed by atoms with E-state index in [4.69, 9.17) is 4.42 Å². The molecular formula is C14H5F2N3O3. The highest BCUT2D eigenvalue weighted by Crippen LogP contribution is 2.16. The first-order valence-corrected chi connectivity index (χ1v) is 5.91. The maximum Gasteiger partial charge on any atom is 0.434 e. The Labute approximate surface area is 121 Å². The zero-order chi connectivity index (χ0) is 15.7. The van der Waals surface area contributed by atoms with Crippen LogP contribution in [0.4, 0.5) is 14.7 Å². The molecule has 22 heavy (non-hydrogen) atoms. The molecule has 0 amide bonds. The third-order valence-electron chi connectivity index (χ3n) is 2.67. The van der Waals surface area contributed by atoms with Crippen molar-refractivity contribution in [1.82, 2.24) is 9.97 Å². The van der Waals surface area contributed by atoms with Crippen molar-refractivity contribution in [1.29, 1.82) is 0 Å². The summed E-state index contributed by atoms with van der Waals surface area (Å²) in [6.45, 7) is 0. The van der Waals surface area contributed by atoms with Gasteiger partial charge in [-0.1, -0.05) is 0 Å². The predicted molar refractivity (Wildman–Crippen MR) is 70.8 cm³/mol. The minimum absolute atomic E-state index is 0.0823. The van der Waals surface area contributed by atoms with E-state index in [9.17, 15) is 18.9 Å². The van der Waals surface area contributed by atoms with Gasteiger partial charge in [0, 0.05) is 18.2 Å². The summed E-state index contributed by atoms with van der Waals surface area (Å²) in [6, 6.07) is 4.37. The molecule has 3 rings (SSSR count). The van der Waals surface area contributed by atoms with Crippen LogP contribution in [0.25, 0.3) is 11.0 Å². The van der Waals surface area contributed by atoms with Gasteiger partial charge in [0.1, 0.15) is 10.6 Å². The zero-order valence-electron chi connectivity index (χ0n) is 10.7. The third-order valence-corrected chi connectivity index (χ3v) is 2.67. The number of nitrogens with zero attached hydrogens (tertiary/aromatic N) is 3. The van der Waals surface area contributed by atoms with E-state index in [1.54, 1.807) is 0 Å². The van der Waals surface area contributed by atoms with E-state index in [-0.39, 0.29) is 22.5 Å². The van der Waals surface area contributed by atoms with Crippen LogP contribution in [0, 0.1) is 33.6 Å². The first kappa shape index (κ1) is 13.6. The molecule has 6 nitrogen and oxygen atoms in total. The number of furan rings is 1. The van der Waals surface area contributed by atoms with Gasteiger partial charge in [-0.05, 0) is 11.8 Å². The Hall–Kier alpha value is -3.34. The topological polar surface area (TPSA) is 82.1 Å². The van der Waals surface area contributed by atoms with E-state index in [2.05, 4.69) is 21.8 Å². The van der Waals surface area contributed by atoms with Crippen molar-refractivity contribution >= 4 is 16.9 Å². The number of halogens is 2. The van der Waals surface area contributed by atoms with Gasteiger partial charge in [0.05, 0.1) is 23.3 Å². The van der Waals surface area contributed by atoms with Crippen LogP contribution >= 0.6 is 0 Å². The molecule has 108 valence electrons. The highest BCUT2D eigenvalue weighted by atomic mass is 19.2. The fourth-order valence-corrected chi connectivity index (χ4v) is 1.69. The van der Waals surface area contributed by atoms with Gasteiger partial charge in [0.15, 0.2) is 17.4 Å². The number of nitro groups is 1. The third kappa shape index (κ3) is 2.60. The predicted octanol–water partition coefficient (Wildman–Crippen LogP) is 2.81. The van der Waals surface area contributed by atoms with E-state index in [0.717, 1.165) is 12.1 Å². The molecule has 8 heteroatoms. The van der Waals surface area contributed by atoms with Gasteiger partial charge < -0.3 is 4.42 Å². The van der Waals surface area contributed by atoms with Crippen LogP contribution in [0.5, 0.6) is 0 Å². The van der Waals surface area contributed by atoms with Crippen molar-refractivity contribution in [2.24, 2.45) is 0 Å². The van der Waals surface area contributed by atoms with Crippen molar-refractivity contribution in [3.8, 4) is 11.8 Å². The Kier molecular flexibility index (Phi) is 3.23. The average Bonchev–Trinajstić information content (AvgIpc) is 2.95. The Bertz CT molecular complexity index is 957. The highest BCUT2D eigenvalue weighted by molar-refractivity contribution is 5.74. The maximum absolute atomic E-state index is 13.2. The lowest BCUT2D eigenvalue weighted by molar-refractivity contribution is -0.402. The summed E-state index contributed by atoms with van der Waals surface area (Å²) in [5.74, 6) is 2.73. The molecule has 0 saturated carbocycles. The average molecular weight is 301 g/mol. The van der Waals surface area contributed by atoms with Crippen LogP contribution in [0.3, 0.4) is 0 Å². The first-order chi connectivity index (χ1) is 10.5. The molecule has 0 N–H and O–H groups in total. The quantitative estimate of drug-likeness (QED) is 0.392. The summed E-state index contributed by atoms with van der Waals surface area (Å²) in [5, 5.41) is 10.5. The molecule has 0 fully saturated rings. The van der Waals surface area contributed by atoms with Crippen LogP contribution in [-0.4, -0.2) is 14.9 Å². The fraction of sp³-hybridized carbons (Fsp3) is 0. The van der Waals surface area contributed by atoms with Crippen molar-refractivity contribution < 1.29 is 18.1 Å². The van der Waals surface area contributed by atoms with E-state index in [1.165, 1.54) is 18.3 Å². The van der Waals surface area contributed by atoms with E-state index < -0.39 is 22.4 Å². The van der Waals surface area contributed by atoms with Gasteiger partial charge in [-0.3, -0.25) is 15.1 Å². The standard InChI is InChI=1S/C14H5F2N3O3/c15-10-5-12-13(6-11(10)16)18-8(7-17-12)1-2-9-3-4-14(22-9)19(20)21/h3-7H. The SMILES string of the molecule is O=[N+]([O-])c1ccc(C#Cc2cnc3cc(F)c(F)cc3n2)o1.